The van der Waals surface area contributed by atoms with Crippen LogP contribution in [0.5, 0.6) is 0 Å². The van der Waals surface area contributed by atoms with Gasteiger partial charge in [-0.1, -0.05) is 0 Å². The maximum atomic E-state index is 4.32. The zero-order valence-corrected chi connectivity index (χ0v) is 8.91. The van der Waals surface area contributed by atoms with Crippen LogP contribution in [0.2, 0.25) is 0 Å². The Hall–Kier alpha value is -0.890. The molecule has 0 saturated heterocycles. The Labute approximate surface area is 80.6 Å². The van der Waals surface area contributed by atoms with Crippen molar-refractivity contribution in [3.8, 4) is 0 Å². The van der Waals surface area contributed by atoms with Gasteiger partial charge in [0.25, 0.3) is 0 Å². The average Bonchev–Trinajstić information content (AvgIpc) is 2.04. The van der Waals surface area contributed by atoms with Crippen molar-refractivity contribution in [1.82, 2.24) is 9.88 Å². The molecule has 0 radical (unpaired) electrons. The molecule has 1 aromatic heterocycles. The summed E-state index contributed by atoms with van der Waals surface area (Å²) >= 11 is 0. The molecule has 0 N–H and O–H groups in total. The fraction of sp³-hybridized carbons (Fsp3) is 0.545. The number of hydrogen-bond donors (Lipinski definition) is 0. The fourth-order valence-corrected chi connectivity index (χ4v) is 1.12. The summed E-state index contributed by atoms with van der Waals surface area (Å²) in [4.78, 5) is 6.60. The number of hydrogen-bond acceptors (Lipinski definition) is 2. The van der Waals surface area contributed by atoms with Crippen molar-refractivity contribution >= 4 is 0 Å². The highest BCUT2D eigenvalue weighted by Crippen LogP contribution is 2.04. The van der Waals surface area contributed by atoms with Crippen LogP contribution in [0.3, 0.4) is 0 Å². The van der Waals surface area contributed by atoms with Gasteiger partial charge in [0.2, 0.25) is 0 Å². The summed E-state index contributed by atoms with van der Waals surface area (Å²) in [5, 5.41) is 0. The molecule has 0 aliphatic carbocycles. The fourth-order valence-electron chi connectivity index (χ4n) is 1.12. The topological polar surface area (TPSA) is 16.1 Å². The molecule has 0 bridgehead atoms. The van der Waals surface area contributed by atoms with E-state index in [0.29, 0.717) is 6.04 Å². The van der Waals surface area contributed by atoms with Crippen LogP contribution in [0.4, 0.5) is 0 Å². The van der Waals surface area contributed by atoms with E-state index in [0.717, 1.165) is 12.2 Å². The quantitative estimate of drug-likeness (QED) is 0.705. The van der Waals surface area contributed by atoms with E-state index in [1.165, 1.54) is 5.56 Å². The second-order valence-corrected chi connectivity index (χ2v) is 3.83. The maximum absolute atomic E-state index is 4.32. The first-order valence-electron chi connectivity index (χ1n) is 4.71. The Bertz CT molecular complexity index is 269. The first-order chi connectivity index (χ1) is 6.09. The molecule has 0 unspecified atom stereocenters. The zero-order chi connectivity index (χ0) is 9.84. The summed E-state index contributed by atoms with van der Waals surface area (Å²) < 4.78 is 0. The van der Waals surface area contributed by atoms with Gasteiger partial charge in [-0.15, -0.1) is 0 Å². The summed E-state index contributed by atoms with van der Waals surface area (Å²) in [6, 6.07) is 4.74. The van der Waals surface area contributed by atoms with Gasteiger partial charge < -0.3 is 0 Å². The molecule has 13 heavy (non-hydrogen) atoms. The molecule has 1 heterocycles. The lowest BCUT2D eigenvalue weighted by atomic mass is 10.2. The molecule has 0 aliphatic heterocycles. The third-order valence-electron chi connectivity index (χ3n) is 2.27. The SMILES string of the molecule is Cc1ccnc(CN(C)C(C)C)c1. The van der Waals surface area contributed by atoms with E-state index in [-0.39, 0.29) is 0 Å². The molecule has 72 valence electrons. The van der Waals surface area contributed by atoms with Gasteiger partial charge in [0.15, 0.2) is 0 Å². The highest BCUT2D eigenvalue weighted by atomic mass is 15.1. The van der Waals surface area contributed by atoms with E-state index in [1.54, 1.807) is 0 Å². The smallest absolute Gasteiger partial charge is 0.0546 e. The number of rotatable bonds is 3. The first-order valence-corrected chi connectivity index (χ1v) is 4.71. The zero-order valence-electron chi connectivity index (χ0n) is 8.91. The Morgan fingerprint density at radius 3 is 2.69 bits per heavy atom. The standard InChI is InChI=1S/C11H18N2/c1-9(2)13(4)8-11-7-10(3)5-6-12-11/h5-7,9H,8H2,1-4H3. The van der Waals surface area contributed by atoms with Gasteiger partial charge in [0.05, 0.1) is 5.69 Å². The molecule has 0 aromatic carbocycles. The molecule has 0 spiro atoms. The molecule has 2 nitrogen and oxygen atoms in total. The highest BCUT2D eigenvalue weighted by molar-refractivity contribution is 5.14. The van der Waals surface area contributed by atoms with Crippen molar-refractivity contribution in [2.75, 3.05) is 7.05 Å². The van der Waals surface area contributed by atoms with Gasteiger partial charge >= 0.3 is 0 Å². The minimum Gasteiger partial charge on any atom is -0.298 e. The molecular weight excluding hydrogens is 160 g/mol. The second-order valence-electron chi connectivity index (χ2n) is 3.83. The van der Waals surface area contributed by atoms with Gasteiger partial charge in [0, 0.05) is 18.8 Å². The van der Waals surface area contributed by atoms with E-state index in [4.69, 9.17) is 0 Å². The molecule has 0 saturated carbocycles. The van der Waals surface area contributed by atoms with Gasteiger partial charge in [0.1, 0.15) is 0 Å². The Balaban J connectivity index is 2.64. The van der Waals surface area contributed by atoms with Crippen LogP contribution < -0.4 is 0 Å². The van der Waals surface area contributed by atoms with E-state index in [1.807, 2.05) is 12.3 Å². The van der Waals surface area contributed by atoms with E-state index < -0.39 is 0 Å². The molecule has 0 amide bonds. The molecule has 1 rings (SSSR count). The van der Waals surface area contributed by atoms with Gasteiger partial charge in [-0.2, -0.15) is 0 Å². The predicted molar refractivity (Wildman–Crippen MR) is 55.6 cm³/mol. The van der Waals surface area contributed by atoms with E-state index in [2.05, 4.69) is 43.8 Å². The van der Waals surface area contributed by atoms with Gasteiger partial charge in [-0.25, -0.2) is 0 Å². The normalized spacial score (nSPS) is 11.2. The van der Waals surface area contributed by atoms with Crippen molar-refractivity contribution in [2.24, 2.45) is 0 Å². The number of aromatic nitrogens is 1. The summed E-state index contributed by atoms with van der Waals surface area (Å²) in [6.45, 7) is 7.41. The Kier molecular flexibility index (Phi) is 3.43. The molecule has 0 fully saturated rings. The summed E-state index contributed by atoms with van der Waals surface area (Å²) in [7, 11) is 2.12. The molecule has 0 aliphatic rings. The van der Waals surface area contributed by atoms with E-state index >= 15 is 0 Å². The number of pyridine rings is 1. The monoisotopic (exact) mass is 178 g/mol. The van der Waals surface area contributed by atoms with Crippen LogP contribution in [0.15, 0.2) is 18.3 Å². The summed E-state index contributed by atoms with van der Waals surface area (Å²) in [6.07, 6.45) is 1.87. The third-order valence-corrected chi connectivity index (χ3v) is 2.27. The lowest BCUT2D eigenvalue weighted by Crippen LogP contribution is -2.26. The average molecular weight is 178 g/mol. The third kappa shape index (κ3) is 3.15. The molecular formula is C11H18N2. The minimum atomic E-state index is 0.572. The van der Waals surface area contributed by atoms with Crippen LogP contribution in [0.25, 0.3) is 0 Å². The van der Waals surface area contributed by atoms with Crippen LogP contribution in [0.1, 0.15) is 25.1 Å². The highest BCUT2D eigenvalue weighted by Gasteiger charge is 2.04. The van der Waals surface area contributed by atoms with Crippen LogP contribution in [-0.4, -0.2) is 23.0 Å². The predicted octanol–water partition coefficient (Wildman–Crippen LogP) is 2.23. The van der Waals surface area contributed by atoms with Crippen LogP contribution in [0, 0.1) is 6.92 Å². The lowest BCUT2D eigenvalue weighted by Gasteiger charge is -2.20. The van der Waals surface area contributed by atoms with E-state index in [9.17, 15) is 0 Å². The van der Waals surface area contributed by atoms with Crippen molar-refractivity contribution in [2.45, 2.75) is 33.4 Å². The van der Waals surface area contributed by atoms with Crippen molar-refractivity contribution in [3.05, 3.63) is 29.6 Å². The second kappa shape index (κ2) is 4.38. The van der Waals surface area contributed by atoms with Gasteiger partial charge in [-0.3, -0.25) is 9.88 Å². The summed E-state index contributed by atoms with van der Waals surface area (Å²) in [5.74, 6) is 0. The Morgan fingerprint density at radius 2 is 2.15 bits per heavy atom. The van der Waals surface area contributed by atoms with Gasteiger partial charge in [-0.05, 0) is 45.5 Å². The molecule has 0 atom stereocenters. The number of nitrogens with zero attached hydrogens (tertiary/aromatic N) is 2. The van der Waals surface area contributed by atoms with Crippen molar-refractivity contribution in [1.29, 1.82) is 0 Å². The Morgan fingerprint density at radius 1 is 1.46 bits per heavy atom. The van der Waals surface area contributed by atoms with Crippen LogP contribution >= 0.6 is 0 Å². The first kappa shape index (κ1) is 10.2. The summed E-state index contributed by atoms with van der Waals surface area (Å²) in [5.41, 5.74) is 2.43. The number of aryl methyl sites for hydroxylation is 1. The lowest BCUT2D eigenvalue weighted by molar-refractivity contribution is 0.262. The molecule has 1 aromatic rings. The molecule has 2 heteroatoms. The van der Waals surface area contributed by atoms with Crippen molar-refractivity contribution < 1.29 is 0 Å². The van der Waals surface area contributed by atoms with Crippen LogP contribution in [-0.2, 0) is 6.54 Å². The maximum Gasteiger partial charge on any atom is 0.0546 e. The minimum absolute atomic E-state index is 0.572. The van der Waals surface area contributed by atoms with Crippen molar-refractivity contribution in [3.63, 3.8) is 0 Å². The largest absolute Gasteiger partial charge is 0.298 e.